The van der Waals surface area contributed by atoms with E-state index in [0.717, 1.165) is 5.56 Å². The molecule has 0 aliphatic rings. The van der Waals surface area contributed by atoms with Gasteiger partial charge in [-0.15, -0.1) is 0 Å². The molecule has 0 aliphatic heterocycles. The fraction of sp³-hybridized carbons (Fsp3) is 0.0769. The van der Waals surface area contributed by atoms with Crippen molar-refractivity contribution in [3.05, 3.63) is 57.5 Å². The molecule has 0 aliphatic carbocycles. The van der Waals surface area contributed by atoms with Crippen LogP contribution < -0.4 is 5.73 Å². The van der Waals surface area contributed by atoms with Gasteiger partial charge in [-0.2, -0.15) is 0 Å². The Hall–Kier alpha value is -1.66. The molecule has 4 nitrogen and oxygen atoms in total. The molecule has 0 radical (unpaired) electrons. The van der Waals surface area contributed by atoms with Gasteiger partial charge in [0.05, 0.1) is 10.7 Å². The minimum atomic E-state index is -0.618. The zero-order valence-electron chi connectivity index (χ0n) is 10.2. The van der Waals surface area contributed by atoms with Gasteiger partial charge in [0.2, 0.25) is 0 Å². The van der Waals surface area contributed by atoms with Crippen LogP contribution in [0.1, 0.15) is 5.56 Å². The molecule has 0 atom stereocenters. The highest BCUT2D eigenvalue weighted by molar-refractivity contribution is 9.10. The lowest BCUT2D eigenvalue weighted by Gasteiger charge is -1.98. The average molecular weight is 362 g/mol. The Bertz CT molecular complexity index is 543. The third-order valence-corrected chi connectivity index (χ3v) is 2.98. The number of hydrogen-bond acceptors (Lipinski definition) is 4. The van der Waals surface area contributed by atoms with Crippen LogP contribution in [0.3, 0.4) is 0 Å². The number of nitrogens with zero attached hydrogens (tertiary/aromatic N) is 1. The minimum absolute atomic E-state index is 0.0781. The number of halogens is 3. The monoisotopic (exact) mass is 360 g/mol. The Morgan fingerprint density at radius 1 is 1.40 bits per heavy atom. The van der Waals surface area contributed by atoms with E-state index in [9.17, 15) is 9.18 Å². The Labute approximate surface area is 128 Å². The van der Waals surface area contributed by atoms with Crippen LogP contribution in [0.5, 0.6) is 0 Å². The van der Waals surface area contributed by atoms with Crippen LogP contribution in [-0.2, 0) is 16.1 Å². The second kappa shape index (κ2) is 8.50. The van der Waals surface area contributed by atoms with Gasteiger partial charge in [-0.25, -0.2) is 9.37 Å². The molecule has 1 heterocycles. The molecule has 0 unspecified atom stereocenters. The second-order valence-electron chi connectivity index (χ2n) is 3.52. The smallest absolute Gasteiger partial charge is 0.293 e. The first kappa shape index (κ1) is 16.4. The van der Waals surface area contributed by atoms with E-state index in [0.29, 0.717) is 13.1 Å². The normalized spacial score (nSPS) is 9.35. The summed E-state index contributed by atoms with van der Waals surface area (Å²) in [7, 11) is 0. The molecule has 0 spiro atoms. The summed E-state index contributed by atoms with van der Waals surface area (Å²) in [5, 5.41) is 0.126. The number of benzene rings is 1. The Kier molecular flexibility index (Phi) is 6.97. The summed E-state index contributed by atoms with van der Waals surface area (Å²) < 4.78 is 17.3. The maximum Gasteiger partial charge on any atom is 0.293 e. The molecule has 2 N–H and O–H groups in total. The topological polar surface area (TPSA) is 65.2 Å². The molecular formula is C13H11BrClFN2O2. The number of nitrogen functional groups attached to an aromatic ring is 1. The molecular weight excluding hydrogens is 351 g/mol. The summed E-state index contributed by atoms with van der Waals surface area (Å²) in [4.78, 5) is 13.3. The van der Waals surface area contributed by atoms with Crippen molar-refractivity contribution >= 4 is 39.7 Å². The fourth-order valence-corrected chi connectivity index (χ4v) is 1.61. The number of carbonyl (C=O) groups is 1. The molecule has 0 saturated carbocycles. The number of nitrogens with two attached hydrogens (primary N) is 1. The number of carbonyl (C=O) groups excluding carboxylic acids is 1. The SMILES string of the molecule is Nc1c(Cl)cnc(Br)c1F.O=COCc1ccccc1. The van der Waals surface area contributed by atoms with Crippen LogP contribution in [0.15, 0.2) is 41.1 Å². The van der Waals surface area contributed by atoms with E-state index in [2.05, 4.69) is 25.7 Å². The third kappa shape index (κ3) is 5.14. The fourth-order valence-electron chi connectivity index (χ4n) is 1.16. The largest absolute Gasteiger partial charge is 0.463 e. The van der Waals surface area contributed by atoms with Crippen LogP contribution in [0, 0.1) is 5.82 Å². The standard InChI is InChI=1S/C8H8O2.C5H3BrClFN2/c9-7-10-6-8-4-2-1-3-5-8;6-5-3(8)4(9)2(7)1-10-5/h1-5,7H,6H2;1H,(H2,9,10). The van der Waals surface area contributed by atoms with Crippen molar-refractivity contribution in [2.45, 2.75) is 6.61 Å². The summed E-state index contributed by atoms with van der Waals surface area (Å²) in [6.45, 7) is 0.817. The lowest BCUT2D eigenvalue weighted by atomic mass is 10.2. The van der Waals surface area contributed by atoms with Gasteiger partial charge >= 0.3 is 0 Å². The molecule has 1 aromatic carbocycles. The van der Waals surface area contributed by atoms with Crippen molar-refractivity contribution in [2.75, 3.05) is 5.73 Å². The van der Waals surface area contributed by atoms with E-state index in [4.69, 9.17) is 17.3 Å². The van der Waals surface area contributed by atoms with Gasteiger partial charge in [-0.1, -0.05) is 41.9 Å². The highest BCUT2D eigenvalue weighted by Crippen LogP contribution is 2.24. The molecule has 0 fully saturated rings. The molecule has 0 bridgehead atoms. The Balaban J connectivity index is 0.000000200. The number of anilines is 1. The van der Waals surface area contributed by atoms with Crippen LogP contribution in [-0.4, -0.2) is 11.5 Å². The molecule has 0 saturated heterocycles. The van der Waals surface area contributed by atoms with Gasteiger partial charge < -0.3 is 10.5 Å². The first-order valence-corrected chi connectivity index (χ1v) is 6.57. The van der Waals surface area contributed by atoms with Crippen LogP contribution in [0.25, 0.3) is 0 Å². The quantitative estimate of drug-likeness (QED) is 0.670. The van der Waals surface area contributed by atoms with Crippen molar-refractivity contribution in [3.63, 3.8) is 0 Å². The van der Waals surface area contributed by atoms with E-state index in [1.54, 1.807) is 0 Å². The van der Waals surface area contributed by atoms with E-state index >= 15 is 0 Å². The third-order valence-electron chi connectivity index (χ3n) is 2.13. The average Bonchev–Trinajstić information content (AvgIpc) is 2.49. The van der Waals surface area contributed by atoms with Crippen LogP contribution >= 0.6 is 27.5 Å². The highest BCUT2D eigenvalue weighted by atomic mass is 79.9. The van der Waals surface area contributed by atoms with Crippen molar-refractivity contribution in [1.82, 2.24) is 4.98 Å². The first-order chi connectivity index (χ1) is 9.56. The summed E-state index contributed by atoms with van der Waals surface area (Å²) >= 11 is 8.29. The molecule has 7 heteroatoms. The number of pyridine rings is 1. The van der Waals surface area contributed by atoms with Crippen LogP contribution in [0.2, 0.25) is 5.02 Å². The number of aromatic nitrogens is 1. The van der Waals surface area contributed by atoms with Crippen LogP contribution in [0.4, 0.5) is 10.1 Å². The van der Waals surface area contributed by atoms with Gasteiger partial charge in [0.15, 0.2) is 5.82 Å². The summed E-state index contributed by atoms with van der Waals surface area (Å²) in [6, 6.07) is 9.55. The summed E-state index contributed by atoms with van der Waals surface area (Å²) in [5.41, 5.74) is 6.13. The molecule has 2 aromatic rings. The highest BCUT2D eigenvalue weighted by Gasteiger charge is 2.07. The molecule has 1 aromatic heterocycles. The molecule has 20 heavy (non-hydrogen) atoms. The van der Waals surface area contributed by atoms with Crippen molar-refractivity contribution < 1.29 is 13.9 Å². The van der Waals surface area contributed by atoms with Gasteiger partial charge in [0.25, 0.3) is 6.47 Å². The van der Waals surface area contributed by atoms with E-state index in [-0.39, 0.29) is 15.3 Å². The predicted molar refractivity (Wildman–Crippen MR) is 78.6 cm³/mol. The summed E-state index contributed by atoms with van der Waals surface area (Å²) in [5.74, 6) is -0.618. The summed E-state index contributed by atoms with van der Waals surface area (Å²) in [6.07, 6.45) is 1.28. The van der Waals surface area contributed by atoms with Crippen molar-refractivity contribution in [3.8, 4) is 0 Å². The van der Waals surface area contributed by atoms with Crippen molar-refractivity contribution in [1.29, 1.82) is 0 Å². The second-order valence-corrected chi connectivity index (χ2v) is 4.68. The lowest BCUT2D eigenvalue weighted by molar-refractivity contribution is -0.129. The number of hydrogen-bond donors (Lipinski definition) is 1. The minimum Gasteiger partial charge on any atom is -0.463 e. The number of rotatable bonds is 3. The first-order valence-electron chi connectivity index (χ1n) is 5.40. The lowest BCUT2D eigenvalue weighted by Crippen LogP contribution is -1.94. The van der Waals surface area contributed by atoms with Gasteiger partial charge in [0, 0.05) is 6.20 Å². The van der Waals surface area contributed by atoms with Crippen molar-refractivity contribution in [2.24, 2.45) is 0 Å². The maximum atomic E-state index is 12.7. The number of ether oxygens (including phenoxy) is 1. The van der Waals surface area contributed by atoms with Gasteiger partial charge in [-0.3, -0.25) is 4.79 Å². The van der Waals surface area contributed by atoms with Gasteiger partial charge in [0.1, 0.15) is 11.2 Å². The predicted octanol–water partition coefficient (Wildman–Crippen LogP) is 3.58. The zero-order chi connectivity index (χ0) is 15.0. The van der Waals surface area contributed by atoms with Gasteiger partial charge in [-0.05, 0) is 21.5 Å². The maximum absolute atomic E-state index is 12.7. The van der Waals surface area contributed by atoms with E-state index in [1.165, 1.54) is 6.20 Å². The van der Waals surface area contributed by atoms with E-state index in [1.807, 2.05) is 30.3 Å². The molecule has 2 rings (SSSR count). The Morgan fingerprint density at radius 2 is 2.05 bits per heavy atom. The Morgan fingerprint density at radius 3 is 2.60 bits per heavy atom. The van der Waals surface area contributed by atoms with E-state index < -0.39 is 5.82 Å². The molecule has 0 amide bonds. The molecule has 106 valence electrons. The zero-order valence-corrected chi connectivity index (χ0v) is 12.6.